The van der Waals surface area contributed by atoms with Crippen molar-refractivity contribution in [3.05, 3.63) is 29.3 Å². The highest BCUT2D eigenvalue weighted by atomic mass is 35.5. The summed E-state index contributed by atoms with van der Waals surface area (Å²) in [5.41, 5.74) is 5.77. The molecule has 0 unspecified atom stereocenters. The molecule has 1 heterocycles. The first-order valence-corrected chi connectivity index (χ1v) is 9.64. The number of hydrogen-bond donors (Lipinski definition) is 1. The van der Waals surface area contributed by atoms with Gasteiger partial charge in [-0.2, -0.15) is 0 Å². The average molecular weight is 439 g/mol. The van der Waals surface area contributed by atoms with Crippen LogP contribution in [0.3, 0.4) is 0 Å². The van der Waals surface area contributed by atoms with Crippen molar-refractivity contribution in [1.29, 1.82) is 0 Å². The maximum atomic E-state index is 12.8. The van der Waals surface area contributed by atoms with E-state index in [-0.39, 0.29) is 30.7 Å². The molecule has 1 aromatic carbocycles. The second-order valence-corrected chi connectivity index (χ2v) is 7.54. The van der Waals surface area contributed by atoms with Crippen LogP contribution in [0.4, 0.5) is 0 Å². The van der Waals surface area contributed by atoms with Crippen molar-refractivity contribution in [2.45, 2.75) is 37.6 Å². The van der Waals surface area contributed by atoms with Gasteiger partial charge >= 0.3 is 0 Å². The van der Waals surface area contributed by atoms with Gasteiger partial charge in [-0.3, -0.25) is 9.69 Å². The van der Waals surface area contributed by atoms with E-state index in [2.05, 4.69) is 4.90 Å². The summed E-state index contributed by atoms with van der Waals surface area (Å²) in [4.78, 5) is 17.0. The lowest BCUT2D eigenvalue weighted by molar-refractivity contribution is -0.140. The van der Waals surface area contributed by atoms with Crippen LogP contribution in [0.2, 0.25) is 5.02 Å². The molecule has 2 fully saturated rings. The normalized spacial score (nSPS) is 19.6. The number of carbonyl (C=O) groups is 1. The number of hydrogen-bond acceptors (Lipinski definition) is 4. The maximum absolute atomic E-state index is 12.8. The zero-order valence-corrected chi connectivity index (χ0v) is 18.0. The second-order valence-electron chi connectivity index (χ2n) is 7.13. The fourth-order valence-electron chi connectivity index (χ4n) is 3.73. The van der Waals surface area contributed by atoms with E-state index in [1.165, 1.54) is 6.42 Å². The smallest absolute Gasteiger partial charge is 0.242 e. The highest BCUT2D eigenvalue weighted by Crippen LogP contribution is 2.28. The van der Waals surface area contributed by atoms with Crippen LogP contribution in [0.1, 0.15) is 32.1 Å². The van der Waals surface area contributed by atoms with Crippen LogP contribution in [-0.4, -0.2) is 60.6 Å². The molecule has 154 valence electrons. The minimum Gasteiger partial charge on any atom is -0.491 e. The molecule has 2 aliphatic rings. The first-order valence-electron chi connectivity index (χ1n) is 9.26. The zero-order valence-electron chi connectivity index (χ0n) is 15.6. The van der Waals surface area contributed by atoms with Crippen molar-refractivity contribution in [2.24, 2.45) is 5.73 Å². The molecule has 0 aromatic heterocycles. The van der Waals surface area contributed by atoms with Crippen LogP contribution in [0.15, 0.2) is 24.3 Å². The summed E-state index contributed by atoms with van der Waals surface area (Å²) in [5, 5.41) is 0.638. The Labute approximate surface area is 179 Å². The molecule has 0 atom stereocenters. The second kappa shape index (κ2) is 11.3. The Kier molecular flexibility index (Phi) is 10.2. The van der Waals surface area contributed by atoms with E-state index in [1.54, 1.807) is 0 Å². The van der Waals surface area contributed by atoms with Gasteiger partial charge in [-0.1, -0.05) is 43.0 Å². The van der Waals surface area contributed by atoms with Crippen LogP contribution in [0.5, 0.6) is 5.75 Å². The first-order chi connectivity index (χ1) is 12.1. The predicted molar refractivity (Wildman–Crippen MR) is 114 cm³/mol. The molecule has 1 aromatic rings. The third-order valence-electron chi connectivity index (χ3n) is 5.33. The van der Waals surface area contributed by atoms with Gasteiger partial charge in [0.2, 0.25) is 5.91 Å². The number of amides is 1. The van der Waals surface area contributed by atoms with Gasteiger partial charge < -0.3 is 15.4 Å². The molecule has 3 rings (SSSR count). The molecule has 0 bridgehead atoms. The van der Waals surface area contributed by atoms with E-state index in [4.69, 9.17) is 22.1 Å². The van der Waals surface area contributed by atoms with E-state index < -0.39 is 5.54 Å². The van der Waals surface area contributed by atoms with Gasteiger partial charge in [0.05, 0.1) is 10.6 Å². The van der Waals surface area contributed by atoms with Gasteiger partial charge in [0.15, 0.2) is 0 Å². The zero-order chi connectivity index (χ0) is 17.7. The number of piperazine rings is 1. The van der Waals surface area contributed by atoms with Crippen molar-refractivity contribution >= 4 is 42.3 Å². The Hall–Kier alpha value is -0.720. The van der Waals surface area contributed by atoms with Gasteiger partial charge in [-0.25, -0.2) is 0 Å². The number of para-hydroxylation sites is 1. The molecule has 1 saturated heterocycles. The van der Waals surface area contributed by atoms with Crippen LogP contribution in [0.25, 0.3) is 0 Å². The van der Waals surface area contributed by atoms with Gasteiger partial charge in [0.1, 0.15) is 12.4 Å². The lowest BCUT2D eigenvalue weighted by atomic mass is 9.81. The minimum absolute atomic E-state index is 0. The number of ether oxygens (including phenoxy) is 1. The van der Waals surface area contributed by atoms with Gasteiger partial charge in [0.25, 0.3) is 0 Å². The lowest BCUT2D eigenvalue weighted by Crippen LogP contribution is -2.60. The molecule has 1 saturated carbocycles. The van der Waals surface area contributed by atoms with Crippen LogP contribution < -0.4 is 10.5 Å². The van der Waals surface area contributed by atoms with E-state index in [0.29, 0.717) is 11.6 Å². The molecule has 0 spiro atoms. The lowest BCUT2D eigenvalue weighted by Gasteiger charge is -2.41. The highest BCUT2D eigenvalue weighted by molar-refractivity contribution is 6.32. The van der Waals surface area contributed by atoms with E-state index in [1.807, 2.05) is 29.2 Å². The molecule has 5 nitrogen and oxygen atoms in total. The summed E-state index contributed by atoms with van der Waals surface area (Å²) >= 11 is 6.09. The number of carbonyl (C=O) groups excluding carboxylic acids is 1. The fraction of sp³-hybridized carbons (Fsp3) is 0.632. The van der Waals surface area contributed by atoms with Gasteiger partial charge in [0, 0.05) is 32.7 Å². The van der Waals surface area contributed by atoms with Gasteiger partial charge in [-0.05, 0) is 25.0 Å². The standard InChI is InChI=1S/C19H28ClN3O2.2ClH/c20-16-6-2-3-7-17(16)25-15-14-22-10-12-23(13-11-22)18(24)19(21)8-4-1-5-9-19;;/h2-3,6-7H,1,4-5,8-15,21H2;2*1H. The van der Waals surface area contributed by atoms with Crippen molar-refractivity contribution < 1.29 is 9.53 Å². The summed E-state index contributed by atoms with van der Waals surface area (Å²) in [6.07, 6.45) is 5.00. The fourth-order valence-corrected chi connectivity index (χ4v) is 3.92. The van der Waals surface area contributed by atoms with Crippen molar-refractivity contribution in [3.63, 3.8) is 0 Å². The molecule has 8 heteroatoms. The number of nitrogens with zero attached hydrogens (tertiary/aromatic N) is 2. The predicted octanol–water partition coefficient (Wildman–Crippen LogP) is 3.37. The van der Waals surface area contributed by atoms with Crippen molar-refractivity contribution in [2.75, 3.05) is 39.3 Å². The molecule has 2 N–H and O–H groups in total. The molecular weight excluding hydrogens is 409 g/mol. The number of benzene rings is 1. The Morgan fingerprint density at radius 3 is 2.33 bits per heavy atom. The molecule has 1 aliphatic heterocycles. The average Bonchev–Trinajstić information content (AvgIpc) is 2.64. The minimum atomic E-state index is -0.617. The summed E-state index contributed by atoms with van der Waals surface area (Å²) < 4.78 is 5.75. The quantitative estimate of drug-likeness (QED) is 0.766. The van der Waals surface area contributed by atoms with E-state index in [0.717, 1.165) is 64.2 Å². The topological polar surface area (TPSA) is 58.8 Å². The summed E-state index contributed by atoms with van der Waals surface area (Å²) in [6, 6.07) is 7.51. The Morgan fingerprint density at radius 2 is 1.70 bits per heavy atom. The third kappa shape index (κ3) is 6.40. The highest BCUT2D eigenvalue weighted by Gasteiger charge is 2.39. The van der Waals surface area contributed by atoms with E-state index >= 15 is 0 Å². The van der Waals surface area contributed by atoms with Crippen LogP contribution in [0, 0.1) is 0 Å². The number of nitrogens with two attached hydrogens (primary N) is 1. The maximum Gasteiger partial charge on any atom is 0.242 e. The number of halogens is 3. The van der Waals surface area contributed by atoms with Crippen LogP contribution in [-0.2, 0) is 4.79 Å². The number of rotatable bonds is 5. The summed E-state index contributed by atoms with van der Waals surface area (Å²) in [7, 11) is 0. The summed E-state index contributed by atoms with van der Waals surface area (Å²) in [5.74, 6) is 0.875. The van der Waals surface area contributed by atoms with Crippen molar-refractivity contribution in [1.82, 2.24) is 9.80 Å². The third-order valence-corrected chi connectivity index (χ3v) is 5.65. The van der Waals surface area contributed by atoms with E-state index in [9.17, 15) is 4.79 Å². The monoisotopic (exact) mass is 437 g/mol. The Morgan fingerprint density at radius 1 is 1.07 bits per heavy atom. The molecule has 0 radical (unpaired) electrons. The molecule has 1 amide bonds. The Bertz CT molecular complexity index is 589. The molecular formula is C19H30Cl3N3O2. The van der Waals surface area contributed by atoms with Gasteiger partial charge in [-0.15, -0.1) is 24.8 Å². The van der Waals surface area contributed by atoms with Crippen LogP contribution >= 0.6 is 36.4 Å². The Balaban J connectivity index is 0.00000182. The first kappa shape index (κ1) is 24.3. The SMILES string of the molecule is Cl.Cl.NC1(C(=O)N2CCN(CCOc3ccccc3Cl)CC2)CCCCC1. The molecule has 1 aliphatic carbocycles. The largest absolute Gasteiger partial charge is 0.491 e. The van der Waals surface area contributed by atoms with Crippen molar-refractivity contribution in [3.8, 4) is 5.75 Å². The summed E-state index contributed by atoms with van der Waals surface area (Å²) in [6.45, 7) is 4.68. The molecule has 27 heavy (non-hydrogen) atoms.